The molecule has 5 heteroatoms. The summed E-state index contributed by atoms with van der Waals surface area (Å²) in [6, 6.07) is 15.9. The molecule has 23 heavy (non-hydrogen) atoms. The van der Waals surface area contributed by atoms with Crippen LogP contribution in [0.4, 0.5) is 4.39 Å². The van der Waals surface area contributed by atoms with Gasteiger partial charge in [0.25, 0.3) is 0 Å². The molecule has 0 spiro atoms. The van der Waals surface area contributed by atoms with Crippen LogP contribution in [0.15, 0.2) is 54.3 Å². The summed E-state index contributed by atoms with van der Waals surface area (Å²) >= 11 is 0. The van der Waals surface area contributed by atoms with Gasteiger partial charge in [-0.1, -0.05) is 12.1 Å². The first-order chi connectivity index (χ1) is 10.5. The van der Waals surface area contributed by atoms with E-state index in [4.69, 9.17) is 0 Å². The fourth-order valence-electron chi connectivity index (χ4n) is 2.12. The van der Waals surface area contributed by atoms with Crippen LogP contribution in [0.3, 0.4) is 0 Å². The molecule has 1 atom stereocenters. The normalized spacial score (nSPS) is 12.3. The van der Waals surface area contributed by atoms with Gasteiger partial charge in [0.15, 0.2) is 5.78 Å². The van der Waals surface area contributed by atoms with Crippen LogP contribution in [0.5, 0.6) is 0 Å². The van der Waals surface area contributed by atoms with Gasteiger partial charge in [-0.15, -0.1) is 35.9 Å². The number of allylic oxidation sites excluding steroid dienone is 2. The van der Waals surface area contributed by atoms with E-state index >= 15 is 0 Å². The molecule has 1 N–H and O–H groups in total. The Morgan fingerprint density at radius 2 is 2.13 bits per heavy atom. The number of aromatic nitrogens is 1. The predicted octanol–water partition coefficient (Wildman–Crippen LogP) is 3.85. The zero-order valence-corrected chi connectivity index (χ0v) is 15.0. The largest absolute Gasteiger partial charge is 0.512 e. The molecular weight excluding hydrogens is 473 g/mol. The monoisotopic (exact) mass is 491 g/mol. The molecule has 0 amide bonds. The molecule has 1 aromatic heterocycles. The quantitative estimate of drug-likeness (QED) is 0.380. The fourth-order valence-corrected chi connectivity index (χ4v) is 2.12. The van der Waals surface area contributed by atoms with Crippen LogP contribution >= 0.6 is 0 Å². The zero-order chi connectivity index (χ0) is 15.9. The second-order valence-corrected chi connectivity index (χ2v) is 5.04. The van der Waals surface area contributed by atoms with Crippen LogP contribution in [-0.2, 0) is 31.3 Å². The minimum absolute atomic E-state index is 0. The van der Waals surface area contributed by atoms with E-state index < -0.39 is 6.17 Å². The van der Waals surface area contributed by atoms with Crippen molar-refractivity contribution in [3.63, 3.8) is 0 Å². The Morgan fingerprint density at radius 3 is 2.78 bits per heavy atom. The number of rotatable bonds is 6. The molecule has 1 unspecified atom stereocenters. The van der Waals surface area contributed by atoms with Crippen LogP contribution in [0.2, 0.25) is 0 Å². The second kappa shape index (κ2) is 9.33. The van der Waals surface area contributed by atoms with Crippen LogP contribution in [0.25, 0.3) is 11.3 Å². The molecule has 1 radical (unpaired) electrons. The van der Waals surface area contributed by atoms with Crippen LogP contribution in [0, 0.1) is 6.07 Å². The third-order valence-electron chi connectivity index (χ3n) is 3.02. The first-order valence-electron chi connectivity index (χ1n) is 7.02. The van der Waals surface area contributed by atoms with Gasteiger partial charge in [0.05, 0.1) is 5.76 Å². The molecule has 0 bridgehead atoms. The number of nitrogens with zero attached hydrogens (tertiary/aromatic N) is 1. The van der Waals surface area contributed by atoms with Gasteiger partial charge in [-0.05, 0) is 18.7 Å². The first-order valence-corrected chi connectivity index (χ1v) is 7.02. The van der Waals surface area contributed by atoms with Gasteiger partial charge in [-0.3, -0.25) is 4.79 Å². The zero-order valence-electron chi connectivity index (χ0n) is 12.6. The van der Waals surface area contributed by atoms with E-state index in [9.17, 15) is 14.3 Å². The molecule has 1 heterocycles. The van der Waals surface area contributed by atoms with Crippen molar-refractivity contribution < 1.29 is 34.4 Å². The van der Waals surface area contributed by atoms with Gasteiger partial charge in [0, 0.05) is 44.7 Å². The van der Waals surface area contributed by atoms with E-state index in [2.05, 4.69) is 11.1 Å². The van der Waals surface area contributed by atoms with Gasteiger partial charge in [-0.2, -0.15) is 0 Å². The van der Waals surface area contributed by atoms with Crippen molar-refractivity contribution in [2.75, 3.05) is 0 Å². The summed E-state index contributed by atoms with van der Waals surface area (Å²) in [5.41, 5.74) is 2.17. The number of hydrogen-bond donors (Lipinski definition) is 1. The van der Waals surface area contributed by atoms with E-state index in [1.165, 1.54) is 6.92 Å². The van der Waals surface area contributed by atoms with Gasteiger partial charge in [0.2, 0.25) is 0 Å². The first kappa shape index (κ1) is 19.2. The van der Waals surface area contributed by atoms with Crippen molar-refractivity contribution in [1.82, 2.24) is 4.98 Å². The van der Waals surface area contributed by atoms with Crippen molar-refractivity contribution in [3.8, 4) is 11.3 Å². The maximum absolute atomic E-state index is 14.0. The summed E-state index contributed by atoms with van der Waals surface area (Å²) in [5, 5.41) is 9.48. The number of carbonyl (C=O) groups excluding carboxylic acids is 1. The summed E-state index contributed by atoms with van der Waals surface area (Å²) in [7, 11) is 0. The van der Waals surface area contributed by atoms with Gasteiger partial charge < -0.3 is 10.1 Å². The molecule has 1 aromatic carbocycles. The molecule has 0 aliphatic rings. The Kier molecular flexibility index (Phi) is 7.79. The van der Waals surface area contributed by atoms with E-state index in [1.807, 2.05) is 30.3 Å². The Bertz CT molecular complexity index is 674. The average molecular weight is 491 g/mol. The van der Waals surface area contributed by atoms with E-state index in [0.717, 1.165) is 17.3 Å². The summed E-state index contributed by atoms with van der Waals surface area (Å²) in [6.07, 6.45) is -0.368. The number of aliphatic hydroxyl groups is 1. The van der Waals surface area contributed by atoms with Gasteiger partial charge >= 0.3 is 0 Å². The number of hydrogen-bond acceptors (Lipinski definition) is 3. The SMILES string of the molecule is CC(=O)/C=C(\O)CC(F)Cc1cccc(-c2[c-]cccc2)n1.[Ir]. The summed E-state index contributed by atoms with van der Waals surface area (Å²) in [4.78, 5) is 15.2. The number of aliphatic hydroxyl groups excluding tert-OH is 1. The second-order valence-electron chi connectivity index (χ2n) is 5.04. The molecule has 123 valence electrons. The van der Waals surface area contributed by atoms with Crippen molar-refractivity contribution in [1.29, 1.82) is 0 Å². The minimum Gasteiger partial charge on any atom is -0.512 e. The molecule has 2 rings (SSSR count). The third kappa shape index (κ3) is 6.43. The topological polar surface area (TPSA) is 50.2 Å². The third-order valence-corrected chi connectivity index (χ3v) is 3.02. The standard InChI is InChI=1S/C18H17FNO2.Ir/c1-13(21)10-17(22)12-15(19)11-16-8-5-9-18(20-16)14-6-3-2-4-7-14;/h2-6,8-10,15,22H,11-12H2,1H3;/q-1;/b17-10-;. The Balaban J connectivity index is 0.00000264. The summed E-state index contributed by atoms with van der Waals surface area (Å²) in [6.45, 7) is 1.31. The molecule has 2 aromatic rings. The number of alkyl halides is 1. The number of halogens is 1. The molecule has 0 saturated carbocycles. The smallest absolute Gasteiger partial charge is 0.155 e. The van der Waals surface area contributed by atoms with Gasteiger partial charge in [-0.25, -0.2) is 4.39 Å². The van der Waals surface area contributed by atoms with E-state index in [0.29, 0.717) is 5.69 Å². The molecule has 0 aliphatic carbocycles. The van der Waals surface area contributed by atoms with Crippen LogP contribution in [0.1, 0.15) is 19.0 Å². The number of pyridine rings is 1. The maximum atomic E-state index is 14.0. The fraction of sp³-hybridized carbons (Fsp3) is 0.222. The summed E-state index contributed by atoms with van der Waals surface area (Å²) < 4.78 is 14.0. The van der Waals surface area contributed by atoms with Crippen LogP contribution < -0.4 is 0 Å². The van der Waals surface area contributed by atoms with Crippen molar-refractivity contribution in [2.45, 2.75) is 25.9 Å². The average Bonchev–Trinajstić information content (AvgIpc) is 2.47. The molecule has 0 saturated heterocycles. The molecule has 3 nitrogen and oxygen atoms in total. The minimum atomic E-state index is -1.29. The van der Waals surface area contributed by atoms with Crippen molar-refractivity contribution in [3.05, 3.63) is 66.1 Å². The molecule has 0 aliphatic heterocycles. The Morgan fingerprint density at radius 1 is 1.35 bits per heavy atom. The molecule has 0 fully saturated rings. The maximum Gasteiger partial charge on any atom is 0.155 e. The van der Waals surface area contributed by atoms with Crippen LogP contribution in [-0.4, -0.2) is 22.0 Å². The summed E-state index contributed by atoms with van der Waals surface area (Å²) in [5.74, 6) is -0.544. The number of benzene rings is 1. The Labute approximate surface area is 148 Å². The number of ketones is 1. The van der Waals surface area contributed by atoms with Crippen molar-refractivity contribution in [2.24, 2.45) is 0 Å². The van der Waals surface area contributed by atoms with Gasteiger partial charge in [0.1, 0.15) is 6.17 Å². The van der Waals surface area contributed by atoms with Crippen molar-refractivity contribution >= 4 is 5.78 Å². The molecular formula is C18H17FIrNO2-. The Hall–Kier alpha value is -1.84. The van der Waals surface area contributed by atoms with E-state index in [1.54, 1.807) is 12.1 Å². The van der Waals surface area contributed by atoms with E-state index in [-0.39, 0.29) is 44.5 Å². The predicted molar refractivity (Wildman–Crippen MR) is 83.1 cm³/mol. The number of carbonyl (C=O) groups is 1.